The Labute approximate surface area is 105 Å². The molecular weight excluding hydrogens is 236 g/mol. The summed E-state index contributed by atoms with van der Waals surface area (Å²) in [4.78, 5) is 24.7. The Morgan fingerprint density at radius 1 is 1.56 bits per heavy atom. The summed E-state index contributed by atoms with van der Waals surface area (Å²) in [5.74, 6) is -1.77. The van der Waals surface area contributed by atoms with E-state index < -0.39 is 5.97 Å². The lowest BCUT2D eigenvalue weighted by molar-refractivity contribution is 0.0638. The third-order valence-electron chi connectivity index (χ3n) is 3.43. The van der Waals surface area contributed by atoms with Crippen LogP contribution < -0.4 is 0 Å². The Morgan fingerprint density at radius 2 is 2.28 bits per heavy atom. The van der Waals surface area contributed by atoms with Crippen molar-refractivity contribution in [3.8, 4) is 0 Å². The van der Waals surface area contributed by atoms with Crippen LogP contribution in [0.3, 0.4) is 0 Å². The molecule has 98 valence electrons. The minimum Gasteiger partial charge on any atom is -0.475 e. The normalized spacial score (nSPS) is 23.3. The van der Waals surface area contributed by atoms with Crippen LogP contribution in [-0.2, 0) is 0 Å². The molecule has 1 N–H and O–H groups in total. The minimum absolute atomic E-state index is 0.0691. The van der Waals surface area contributed by atoms with Crippen molar-refractivity contribution in [2.45, 2.75) is 45.2 Å². The number of hydrogen-bond donors (Lipinski definition) is 1. The summed E-state index contributed by atoms with van der Waals surface area (Å²) in [7, 11) is 0. The first kappa shape index (κ1) is 12.6. The molecule has 0 saturated carbocycles. The van der Waals surface area contributed by atoms with Gasteiger partial charge in [-0.25, -0.2) is 4.79 Å². The molecule has 1 amide bonds. The number of carbonyl (C=O) groups is 2. The second-order valence-corrected chi connectivity index (χ2v) is 4.58. The molecule has 1 saturated heterocycles. The number of likely N-dealkylation sites (tertiary alicyclic amines) is 1. The number of carbonyl (C=O) groups excluding carboxylic acids is 1. The van der Waals surface area contributed by atoms with E-state index in [0.717, 1.165) is 19.3 Å². The highest BCUT2D eigenvalue weighted by atomic mass is 16.5. The van der Waals surface area contributed by atoms with Crippen LogP contribution in [0.25, 0.3) is 0 Å². The summed E-state index contributed by atoms with van der Waals surface area (Å²) in [5, 5.41) is 12.3. The average molecular weight is 252 g/mol. The van der Waals surface area contributed by atoms with Crippen LogP contribution in [-0.4, -0.2) is 39.1 Å². The maximum atomic E-state index is 12.3. The molecule has 2 unspecified atom stereocenters. The summed E-state index contributed by atoms with van der Waals surface area (Å²) < 4.78 is 4.61. The highest BCUT2D eigenvalue weighted by Gasteiger charge is 2.35. The summed E-state index contributed by atoms with van der Waals surface area (Å²) in [6, 6.07) is 1.55. The van der Waals surface area contributed by atoms with Gasteiger partial charge in [0.05, 0.1) is 0 Å². The van der Waals surface area contributed by atoms with Crippen LogP contribution >= 0.6 is 0 Å². The second-order valence-electron chi connectivity index (χ2n) is 4.58. The molecule has 1 aromatic heterocycles. The van der Waals surface area contributed by atoms with E-state index in [1.54, 1.807) is 4.90 Å². The Kier molecular flexibility index (Phi) is 3.36. The molecule has 0 aromatic carbocycles. The fourth-order valence-corrected chi connectivity index (χ4v) is 2.45. The van der Waals surface area contributed by atoms with Crippen LogP contribution in [0.15, 0.2) is 10.6 Å². The van der Waals surface area contributed by atoms with Gasteiger partial charge >= 0.3 is 5.97 Å². The van der Waals surface area contributed by atoms with Crippen molar-refractivity contribution in [3.05, 3.63) is 17.5 Å². The lowest BCUT2D eigenvalue weighted by atomic mass is 10.1. The summed E-state index contributed by atoms with van der Waals surface area (Å²) in [5.41, 5.74) is 0.0691. The van der Waals surface area contributed by atoms with Gasteiger partial charge in [0.15, 0.2) is 5.69 Å². The van der Waals surface area contributed by atoms with E-state index in [4.69, 9.17) is 5.11 Å². The van der Waals surface area contributed by atoms with Gasteiger partial charge in [-0.15, -0.1) is 0 Å². The van der Waals surface area contributed by atoms with Crippen LogP contribution in [0, 0.1) is 0 Å². The summed E-state index contributed by atoms with van der Waals surface area (Å²) in [6.07, 6.45) is 2.83. The van der Waals surface area contributed by atoms with Gasteiger partial charge < -0.3 is 14.5 Å². The molecule has 1 aliphatic rings. The predicted octanol–water partition coefficient (Wildman–Crippen LogP) is 1.78. The van der Waals surface area contributed by atoms with E-state index in [9.17, 15) is 9.59 Å². The number of amides is 1. The lowest BCUT2D eigenvalue weighted by Gasteiger charge is -2.26. The Balaban J connectivity index is 2.21. The zero-order chi connectivity index (χ0) is 13.3. The smallest absolute Gasteiger partial charge is 0.374 e. The molecular formula is C12H16N2O4. The molecule has 2 rings (SSSR count). The molecule has 0 bridgehead atoms. The molecule has 0 radical (unpaired) electrons. The van der Waals surface area contributed by atoms with Gasteiger partial charge in [-0.1, -0.05) is 12.1 Å². The molecule has 2 heterocycles. The zero-order valence-corrected chi connectivity index (χ0v) is 10.4. The Hall–Kier alpha value is -1.85. The van der Waals surface area contributed by atoms with E-state index in [1.165, 1.54) is 6.07 Å². The zero-order valence-electron chi connectivity index (χ0n) is 10.4. The second kappa shape index (κ2) is 4.80. The van der Waals surface area contributed by atoms with Gasteiger partial charge in [-0.05, 0) is 26.2 Å². The highest BCUT2D eigenvalue weighted by Crippen LogP contribution is 2.27. The average Bonchev–Trinajstić information content (AvgIpc) is 2.94. The number of nitrogens with zero attached hydrogens (tertiary/aromatic N) is 2. The monoisotopic (exact) mass is 252 g/mol. The summed E-state index contributed by atoms with van der Waals surface area (Å²) in [6.45, 7) is 4.03. The van der Waals surface area contributed by atoms with Gasteiger partial charge in [0, 0.05) is 18.2 Å². The van der Waals surface area contributed by atoms with Crippen LogP contribution in [0.4, 0.5) is 0 Å². The molecule has 6 heteroatoms. The molecule has 1 fully saturated rings. The third-order valence-corrected chi connectivity index (χ3v) is 3.43. The quantitative estimate of drug-likeness (QED) is 0.886. The largest absolute Gasteiger partial charge is 0.475 e. The van der Waals surface area contributed by atoms with Gasteiger partial charge in [-0.2, -0.15) is 0 Å². The minimum atomic E-state index is -1.22. The van der Waals surface area contributed by atoms with Crippen LogP contribution in [0.1, 0.15) is 54.2 Å². The SMILES string of the molecule is CCC1CCC(C)N1C(=O)c1cc(C(=O)O)on1. The van der Waals surface area contributed by atoms with Crippen molar-refractivity contribution in [2.24, 2.45) is 0 Å². The van der Waals surface area contributed by atoms with Crippen LogP contribution in [0.2, 0.25) is 0 Å². The van der Waals surface area contributed by atoms with Gasteiger partial charge in [-0.3, -0.25) is 4.79 Å². The van der Waals surface area contributed by atoms with Crippen molar-refractivity contribution in [3.63, 3.8) is 0 Å². The molecule has 0 aliphatic carbocycles. The maximum absolute atomic E-state index is 12.3. The van der Waals surface area contributed by atoms with Crippen molar-refractivity contribution in [2.75, 3.05) is 0 Å². The van der Waals surface area contributed by atoms with Crippen molar-refractivity contribution in [1.82, 2.24) is 10.1 Å². The topological polar surface area (TPSA) is 83.6 Å². The number of hydrogen-bond acceptors (Lipinski definition) is 4. The van der Waals surface area contributed by atoms with Crippen molar-refractivity contribution >= 4 is 11.9 Å². The van der Waals surface area contributed by atoms with Crippen LogP contribution in [0.5, 0.6) is 0 Å². The molecule has 2 atom stereocenters. The van der Waals surface area contributed by atoms with E-state index >= 15 is 0 Å². The van der Waals surface area contributed by atoms with E-state index in [-0.39, 0.29) is 29.4 Å². The molecule has 18 heavy (non-hydrogen) atoms. The number of carboxylic acid groups (broad SMARTS) is 1. The third kappa shape index (κ3) is 2.10. The predicted molar refractivity (Wildman–Crippen MR) is 62.4 cm³/mol. The fraction of sp³-hybridized carbons (Fsp3) is 0.583. The van der Waals surface area contributed by atoms with E-state index in [1.807, 2.05) is 13.8 Å². The summed E-state index contributed by atoms with van der Waals surface area (Å²) >= 11 is 0. The first-order chi connectivity index (χ1) is 8.54. The van der Waals surface area contributed by atoms with E-state index in [0.29, 0.717) is 0 Å². The van der Waals surface area contributed by atoms with Crippen molar-refractivity contribution < 1.29 is 19.2 Å². The first-order valence-electron chi connectivity index (χ1n) is 6.07. The van der Waals surface area contributed by atoms with Crippen molar-refractivity contribution in [1.29, 1.82) is 0 Å². The molecule has 1 aliphatic heterocycles. The molecule has 6 nitrogen and oxygen atoms in total. The standard InChI is InChI=1S/C12H16N2O4/c1-3-8-5-4-7(2)14(8)11(15)9-6-10(12(16)17)18-13-9/h6-8H,3-5H2,1-2H3,(H,16,17). The highest BCUT2D eigenvalue weighted by molar-refractivity contribution is 5.95. The van der Waals surface area contributed by atoms with Gasteiger partial charge in [0.2, 0.25) is 5.76 Å². The number of aromatic nitrogens is 1. The van der Waals surface area contributed by atoms with Gasteiger partial charge in [0.25, 0.3) is 5.91 Å². The molecule has 1 aromatic rings. The first-order valence-corrected chi connectivity index (χ1v) is 6.07. The number of aromatic carboxylic acids is 1. The lowest BCUT2D eigenvalue weighted by Crippen LogP contribution is -2.39. The van der Waals surface area contributed by atoms with Gasteiger partial charge in [0.1, 0.15) is 0 Å². The van der Waals surface area contributed by atoms with E-state index in [2.05, 4.69) is 9.68 Å². The Morgan fingerprint density at radius 3 is 2.83 bits per heavy atom. The fourth-order valence-electron chi connectivity index (χ4n) is 2.45. The maximum Gasteiger partial charge on any atom is 0.374 e. The number of rotatable bonds is 3. The Bertz CT molecular complexity index is 468. The molecule has 0 spiro atoms. The number of carboxylic acids is 1.